The van der Waals surface area contributed by atoms with Gasteiger partial charge in [0.05, 0.1) is 27.4 Å². The topological polar surface area (TPSA) is 56.8 Å². The molecule has 1 aliphatic carbocycles. The summed E-state index contributed by atoms with van der Waals surface area (Å²) >= 11 is 0. The average Bonchev–Trinajstić information content (AvgIpc) is 2.67. The van der Waals surface area contributed by atoms with Crippen molar-refractivity contribution < 1.29 is 19.0 Å². The number of carbonyl (C=O) groups is 1. The van der Waals surface area contributed by atoms with E-state index in [0.29, 0.717) is 23.2 Å². The Kier molecular flexibility index (Phi) is 7.61. The molecular formula is C21H33NO4. The number of methoxy groups -OCH3 is 3. The number of nitrogens with one attached hydrogen (secondary N) is 1. The molecule has 5 heteroatoms. The highest BCUT2D eigenvalue weighted by Crippen LogP contribution is 2.39. The Morgan fingerprint density at radius 2 is 1.62 bits per heavy atom. The first-order valence-electron chi connectivity index (χ1n) is 9.60. The number of hydrogen-bond donors (Lipinski definition) is 1. The van der Waals surface area contributed by atoms with Gasteiger partial charge in [0.15, 0.2) is 11.5 Å². The molecule has 146 valence electrons. The molecule has 1 aromatic rings. The number of carbonyl (C=O) groups excluding carboxylic acids is 1. The van der Waals surface area contributed by atoms with E-state index in [4.69, 9.17) is 14.2 Å². The van der Waals surface area contributed by atoms with Gasteiger partial charge < -0.3 is 19.5 Å². The third kappa shape index (κ3) is 5.05. The zero-order valence-corrected chi connectivity index (χ0v) is 16.8. The maximum atomic E-state index is 12.6. The minimum Gasteiger partial charge on any atom is -0.493 e. The summed E-state index contributed by atoms with van der Waals surface area (Å²) in [4.78, 5) is 12.6. The summed E-state index contributed by atoms with van der Waals surface area (Å²) in [6, 6.07) is 3.64. The highest BCUT2D eigenvalue weighted by Gasteiger charge is 2.23. The molecule has 1 saturated carbocycles. The van der Waals surface area contributed by atoms with Gasteiger partial charge in [0.1, 0.15) is 0 Å². The molecule has 1 aliphatic rings. The van der Waals surface area contributed by atoms with Crippen molar-refractivity contribution in [3.8, 4) is 17.2 Å². The first-order valence-corrected chi connectivity index (χ1v) is 9.60. The van der Waals surface area contributed by atoms with Crippen LogP contribution < -0.4 is 19.5 Å². The van der Waals surface area contributed by atoms with E-state index in [2.05, 4.69) is 5.32 Å². The molecule has 26 heavy (non-hydrogen) atoms. The molecule has 0 aliphatic heterocycles. The van der Waals surface area contributed by atoms with Gasteiger partial charge in [-0.1, -0.05) is 39.0 Å². The zero-order valence-electron chi connectivity index (χ0n) is 16.8. The van der Waals surface area contributed by atoms with Gasteiger partial charge in [0.25, 0.3) is 0 Å². The fourth-order valence-corrected chi connectivity index (χ4v) is 3.82. The monoisotopic (exact) mass is 363 g/mol. The second kappa shape index (κ2) is 9.70. The number of rotatable bonds is 8. The van der Waals surface area contributed by atoms with Gasteiger partial charge in [-0.25, -0.2) is 0 Å². The van der Waals surface area contributed by atoms with E-state index >= 15 is 0 Å². The zero-order chi connectivity index (χ0) is 19.1. The van der Waals surface area contributed by atoms with E-state index in [-0.39, 0.29) is 17.9 Å². The number of benzene rings is 1. The lowest BCUT2D eigenvalue weighted by atomic mass is 9.83. The molecule has 0 saturated heterocycles. The van der Waals surface area contributed by atoms with Gasteiger partial charge in [0.2, 0.25) is 11.7 Å². The fraction of sp³-hybridized carbons (Fsp3) is 0.667. The molecule has 1 amide bonds. The van der Waals surface area contributed by atoms with E-state index in [1.807, 2.05) is 26.0 Å². The fourth-order valence-electron chi connectivity index (χ4n) is 3.82. The van der Waals surface area contributed by atoms with Crippen molar-refractivity contribution in [3.05, 3.63) is 17.7 Å². The van der Waals surface area contributed by atoms with Crippen molar-refractivity contribution in [2.45, 2.75) is 58.4 Å². The number of ether oxygens (including phenoxy) is 3. The molecule has 2 unspecified atom stereocenters. The van der Waals surface area contributed by atoms with Gasteiger partial charge in [-0.2, -0.15) is 0 Å². The van der Waals surface area contributed by atoms with Crippen LogP contribution in [0.5, 0.6) is 17.2 Å². The second-order valence-electron chi connectivity index (χ2n) is 7.33. The van der Waals surface area contributed by atoms with Crippen molar-refractivity contribution in [1.82, 2.24) is 5.32 Å². The molecule has 0 radical (unpaired) electrons. The smallest absolute Gasteiger partial charge is 0.223 e. The van der Waals surface area contributed by atoms with Crippen LogP contribution in [0.25, 0.3) is 0 Å². The Hall–Kier alpha value is -1.91. The number of hydrogen-bond acceptors (Lipinski definition) is 4. The Labute approximate surface area is 157 Å². The van der Waals surface area contributed by atoms with Crippen LogP contribution >= 0.6 is 0 Å². The normalized spacial score (nSPS) is 17.3. The standard InChI is InChI=1S/C21H33NO4/c1-14(11-16-9-7-6-8-10-16)21(23)22-15(2)17-12-18(24-3)20(26-5)19(13-17)25-4/h12-16H,6-11H2,1-5H3,(H,22,23). The predicted octanol–water partition coefficient (Wildman–Crippen LogP) is 4.50. The van der Waals surface area contributed by atoms with Gasteiger partial charge in [-0.15, -0.1) is 0 Å². The maximum Gasteiger partial charge on any atom is 0.223 e. The predicted molar refractivity (Wildman–Crippen MR) is 103 cm³/mol. The van der Waals surface area contributed by atoms with Crippen LogP contribution in [0.4, 0.5) is 0 Å². The van der Waals surface area contributed by atoms with Crippen molar-refractivity contribution in [2.75, 3.05) is 21.3 Å². The molecule has 1 fully saturated rings. The van der Waals surface area contributed by atoms with Crippen LogP contribution in [0.15, 0.2) is 12.1 Å². The summed E-state index contributed by atoms with van der Waals surface area (Å²) in [5, 5.41) is 3.13. The Balaban J connectivity index is 2.03. The summed E-state index contributed by atoms with van der Waals surface area (Å²) in [5.41, 5.74) is 0.928. The summed E-state index contributed by atoms with van der Waals surface area (Å²) in [7, 11) is 4.77. The van der Waals surface area contributed by atoms with E-state index in [1.54, 1.807) is 21.3 Å². The Morgan fingerprint density at radius 3 is 2.12 bits per heavy atom. The van der Waals surface area contributed by atoms with Gasteiger partial charge in [-0.05, 0) is 37.0 Å². The van der Waals surface area contributed by atoms with Crippen molar-refractivity contribution in [1.29, 1.82) is 0 Å². The third-order valence-corrected chi connectivity index (χ3v) is 5.41. The molecule has 1 N–H and O–H groups in total. The summed E-state index contributed by atoms with van der Waals surface area (Å²) in [6.45, 7) is 4.01. The summed E-state index contributed by atoms with van der Waals surface area (Å²) < 4.78 is 16.2. The SMILES string of the molecule is COc1cc(C(C)NC(=O)C(C)CC2CCCCC2)cc(OC)c1OC. The summed E-state index contributed by atoms with van der Waals surface area (Å²) in [6.07, 6.45) is 7.46. The first kappa shape index (κ1) is 20.4. The average molecular weight is 363 g/mol. The molecule has 5 nitrogen and oxygen atoms in total. The lowest BCUT2D eigenvalue weighted by Crippen LogP contribution is -2.32. The molecule has 0 spiro atoms. The molecule has 0 heterocycles. The molecule has 1 aromatic carbocycles. The molecule has 0 aromatic heterocycles. The molecule has 0 bridgehead atoms. The van der Waals surface area contributed by atoms with Crippen LogP contribution in [0.2, 0.25) is 0 Å². The quantitative estimate of drug-likeness (QED) is 0.739. The lowest BCUT2D eigenvalue weighted by Gasteiger charge is -2.25. The molecular weight excluding hydrogens is 330 g/mol. The van der Waals surface area contributed by atoms with Crippen molar-refractivity contribution in [2.24, 2.45) is 11.8 Å². The second-order valence-corrected chi connectivity index (χ2v) is 7.33. The lowest BCUT2D eigenvalue weighted by molar-refractivity contribution is -0.125. The van der Waals surface area contributed by atoms with E-state index in [9.17, 15) is 4.79 Å². The van der Waals surface area contributed by atoms with Crippen molar-refractivity contribution in [3.63, 3.8) is 0 Å². The Bertz CT molecular complexity index is 571. The van der Waals surface area contributed by atoms with E-state index in [0.717, 1.165) is 12.0 Å². The Morgan fingerprint density at radius 1 is 1.04 bits per heavy atom. The minimum absolute atomic E-state index is 0.0302. The largest absolute Gasteiger partial charge is 0.493 e. The van der Waals surface area contributed by atoms with E-state index < -0.39 is 0 Å². The molecule has 2 atom stereocenters. The van der Waals surface area contributed by atoms with Crippen LogP contribution in [0.3, 0.4) is 0 Å². The van der Waals surface area contributed by atoms with E-state index in [1.165, 1.54) is 32.1 Å². The van der Waals surface area contributed by atoms with Crippen LogP contribution in [-0.4, -0.2) is 27.2 Å². The maximum absolute atomic E-state index is 12.6. The van der Waals surface area contributed by atoms with Crippen LogP contribution in [0.1, 0.15) is 64.0 Å². The highest BCUT2D eigenvalue weighted by molar-refractivity contribution is 5.78. The summed E-state index contributed by atoms with van der Waals surface area (Å²) in [5.74, 6) is 2.58. The van der Waals surface area contributed by atoms with Gasteiger partial charge in [0, 0.05) is 5.92 Å². The first-order chi connectivity index (χ1) is 12.5. The highest BCUT2D eigenvalue weighted by atomic mass is 16.5. The van der Waals surface area contributed by atoms with Crippen molar-refractivity contribution >= 4 is 5.91 Å². The number of amides is 1. The van der Waals surface area contributed by atoms with Gasteiger partial charge >= 0.3 is 0 Å². The minimum atomic E-state index is -0.134. The van der Waals surface area contributed by atoms with Gasteiger partial charge in [-0.3, -0.25) is 4.79 Å². The third-order valence-electron chi connectivity index (χ3n) is 5.41. The van der Waals surface area contributed by atoms with Crippen LogP contribution in [0, 0.1) is 11.8 Å². The molecule has 2 rings (SSSR count). The van der Waals surface area contributed by atoms with Crippen LogP contribution in [-0.2, 0) is 4.79 Å².